The van der Waals surface area contributed by atoms with Crippen LogP contribution in [0.2, 0.25) is 5.02 Å². The molecule has 0 amide bonds. The van der Waals surface area contributed by atoms with Gasteiger partial charge >= 0.3 is 5.56 Å². The van der Waals surface area contributed by atoms with Gasteiger partial charge in [-0.3, -0.25) is 4.79 Å². The number of furan rings is 1. The maximum absolute atomic E-state index is 13.5. The topological polar surface area (TPSA) is 69.3 Å². The summed E-state index contributed by atoms with van der Waals surface area (Å²) >= 11 is 5.89. The molecule has 6 nitrogen and oxygen atoms in total. The number of rotatable bonds is 5. The third-order valence-corrected chi connectivity index (χ3v) is 4.55. The van der Waals surface area contributed by atoms with E-state index in [9.17, 15) is 9.18 Å². The molecule has 1 N–H and O–H groups in total. The molecule has 0 atom stereocenters. The van der Waals surface area contributed by atoms with Crippen LogP contribution in [0.5, 0.6) is 5.75 Å². The van der Waals surface area contributed by atoms with E-state index < -0.39 is 11.4 Å². The van der Waals surface area contributed by atoms with Gasteiger partial charge in [-0.15, -0.1) is 0 Å². The first-order valence-electron chi connectivity index (χ1n) is 8.38. The molecule has 0 spiro atoms. The summed E-state index contributed by atoms with van der Waals surface area (Å²) in [4.78, 5) is 16.3. The van der Waals surface area contributed by atoms with E-state index >= 15 is 0 Å². The molecule has 4 rings (SSSR count). The molecule has 0 fully saturated rings. The van der Waals surface area contributed by atoms with E-state index in [0.29, 0.717) is 18.1 Å². The number of hydrogen-bond acceptors (Lipinski definition) is 5. The second-order valence-electron chi connectivity index (χ2n) is 6.08. The van der Waals surface area contributed by atoms with Gasteiger partial charge in [0.2, 0.25) is 11.7 Å². The highest BCUT2D eigenvalue weighted by atomic mass is 35.5. The van der Waals surface area contributed by atoms with E-state index in [1.165, 1.54) is 19.2 Å². The molecular weight excluding hydrogens is 385 g/mol. The average molecular weight is 400 g/mol. The molecule has 0 saturated carbocycles. The van der Waals surface area contributed by atoms with Crippen molar-refractivity contribution in [2.24, 2.45) is 0 Å². The minimum absolute atomic E-state index is 0.0242. The summed E-state index contributed by atoms with van der Waals surface area (Å²) in [6.07, 6.45) is 3.13. The lowest BCUT2D eigenvalue weighted by atomic mass is 10.2. The minimum atomic E-state index is -0.502. The van der Waals surface area contributed by atoms with Gasteiger partial charge < -0.3 is 19.0 Å². The number of fused-ring (bicyclic) bond motifs is 1. The number of hydrogen-bond donors (Lipinski definition) is 1. The highest BCUT2D eigenvalue weighted by Crippen LogP contribution is 2.27. The van der Waals surface area contributed by atoms with Crippen molar-refractivity contribution in [3.8, 4) is 5.75 Å². The van der Waals surface area contributed by atoms with Crippen LogP contribution in [-0.2, 0) is 6.54 Å². The number of benzene rings is 2. The molecule has 0 aliphatic carbocycles. The third kappa shape index (κ3) is 3.44. The number of aromatic nitrogens is 2. The summed E-state index contributed by atoms with van der Waals surface area (Å²) in [6.45, 7) is 0.299. The Morgan fingerprint density at radius 3 is 2.93 bits per heavy atom. The van der Waals surface area contributed by atoms with Crippen LogP contribution in [0.3, 0.4) is 0 Å². The molecular formula is C20H15ClFN3O3. The normalized spacial score (nSPS) is 11.0. The smallest absolute Gasteiger partial charge is 0.316 e. The average Bonchev–Trinajstić information content (AvgIpc) is 3.16. The summed E-state index contributed by atoms with van der Waals surface area (Å²) < 4.78 is 25.7. The summed E-state index contributed by atoms with van der Waals surface area (Å²) in [5.41, 5.74) is 1.67. The van der Waals surface area contributed by atoms with Gasteiger partial charge in [-0.25, -0.2) is 4.39 Å². The standard InChI is InChI=1S/C20H15ClFN3O3/c1-27-18-11-25(10-12-5-6-15(22)14(21)9-12)20(24-19(18)26)23-16-3-2-4-17-13(16)7-8-28-17/h2-9,11H,10H2,1H3,(H,23,24,26). The number of nitrogens with zero attached hydrogens (tertiary/aromatic N) is 2. The van der Waals surface area contributed by atoms with Crippen molar-refractivity contribution in [2.45, 2.75) is 6.54 Å². The van der Waals surface area contributed by atoms with Crippen LogP contribution in [-0.4, -0.2) is 16.7 Å². The van der Waals surface area contributed by atoms with Crippen LogP contribution in [0.15, 0.2) is 64.1 Å². The molecule has 8 heteroatoms. The van der Waals surface area contributed by atoms with Crippen LogP contribution >= 0.6 is 11.6 Å². The summed E-state index contributed by atoms with van der Waals surface area (Å²) in [6, 6.07) is 11.8. The Balaban J connectivity index is 1.77. The van der Waals surface area contributed by atoms with Gasteiger partial charge in [-0.05, 0) is 35.9 Å². The first-order valence-corrected chi connectivity index (χ1v) is 8.75. The van der Waals surface area contributed by atoms with Crippen molar-refractivity contribution in [3.05, 3.63) is 81.7 Å². The van der Waals surface area contributed by atoms with Crippen LogP contribution in [0, 0.1) is 5.82 Å². The molecule has 4 aromatic rings. The zero-order valence-electron chi connectivity index (χ0n) is 14.8. The fraction of sp³-hybridized carbons (Fsp3) is 0.100. The summed E-state index contributed by atoms with van der Waals surface area (Å²) in [5.74, 6) is -0.0914. The quantitative estimate of drug-likeness (QED) is 0.532. The lowest BCUT2D eigenvalue weighted by molar-refractivity contribution is 0.402. The van der Waals surface area contributed by atoms with Crippen molar-refractivity contribution >= 4 is 34.2 Å². The van der Waals surface area contributed by atoms with Crippen molar-refractivity contribution in [3.63, 3.8) is 0 Å². The van der Waals surface area contributed by atoms with Gasteiger partial charge in [0.1, 0.15) is 11.4 Å². The molecule has 0 unspecified atom stereocenters. The van der Waals surface area contributed by atoms with Gasteiger partial charge in [-0.2, -0.15) is 4.98 Å². The Bertz CT molecular complexity index is 1220. The van der Waals surface area contributed by atoms with Crippen LogP contribution < -0.4 is 15.6 Å². The van der Waals surface area contributed by atoms with E-state index in [1.807, 2.05) is 24.3 Å². The molecule has 0 radical (unpaired) electrons. The molecule has 0 aliphatic rings. The van der Waals surface area contributed by atoms with E-state index in [4.69, 9.17) is 20.8 Å². The zero-order chi connectivity index (χ0) is 19.7. The first kappa shape index (κ1) is 18.1. The Morgan fingerprint density at radius 2 is 2.14 bits per heavy atom. The highest BCUT2D eigenvalue weighted by molar-refractivity contribution is 6.30. The second-order valence-corrected chi connectivity index (χ2v) is 6.48. The highest BCUT2D eigenvalue weighted by Gasteiger charge is 2.12. The fourth-order valence-electron chi connectivity index (χ4n) is 2.89. The van der Waals surface area contributed by atoms with E-state index in [1.54, 1.807) is 23.1 Å². The summed E-state index contributed by atoms with van der Waals surface area (Å²) in [7, 11) is 1.40. The van der Waals surface area contributed by atoms with E-state index in [0.717, 1.165) is 16.6 Å². The monoisotopic (exact) mass is 399 g/mol. The summed E-state index contributed by atoms with van der Waals surface area (Å²) in [5, 5.41) is 4.04. The molecule has 2 aromatic carbocycles. The Morgan fingerprint density at radius 1 is 1.29 bits per heavy atom. The van der Waals surface area contributed by atoms with Crippen molar-refractivity contribution in [1.29, 1.82) is 0 Å². The van der Waals surface area contributed by atoms with Gasteiger partial charge in [0.25, 0.3) is 0 Å². The van der Waals surface area contributed by atoms with Crippen molar-refractivity contribution in [2.75, 3.05) is 12.4 Å². The van der Waals surface area contributed by atoms with Gasteiger partial charge in [0.15, 0.2) is 0 Å². The molecule has 2 aromatic heterocycles. The lowest BCUT2D eigenvalue weighted by Crippen LogP contribution is -2.18. The van der Waals surface area contributed by atoms with Crippen LogP contribution in [0.4, 0.5) is 16.0 Å². The van der Waals surface area contributed by atoms with Crippen molar-refractivity contribution in [1.82, 2.24) is 9.55 Å². The molecule has 2 heterocycles. The molecule has 0 aliphatic heterocycles. The van der Waals surface area contributed by atoms with Crippen LogP contribution in [0.1, 0.15) is 5.56 Å². The van der Waals surface area contributed by atoms with Gasteiger partial charge in [0, 0.05) is 5.39 Å². The lowest BCUT2D eigenvalue weighted by Gasteiger charge is -2.16. The number of methoxy groups -OCH3 is 1. The zero-order valence-corrected chi connectivity index (χ0v) is 15.5. The predicted octanol–water partition coefficient (Wildman–Crippen LogP) is 4.58. The molecule has 0 bridgehead atoms. The maximum atomic E-state index is 13.5. The second kappa shape index (κ2) is 7.36. The van der Waals surface area contributed by atoms with E-state index in [-0.39, 0.29) is 10.8 Å². The molecule has 142 valence electrons. The maximum Gasteiger partial charge on any atom is 0.316 e. The number of halogens is 2. The fourth-order valence-corrected chi connectivity index (χ4v) is 3.10. The molecule has 28 heavy (non-hydrogen) atoms. The third-order valence-electron chi connectivity index (χ3n) is 4.26. The molecule has 0 saturated heterocycles. The number of nitrogens with one attached hydrogen (secondary N) is 1. The Kier molecular flexibility index (Phi) is 4.75. The van der Waals surface area contributed by atoms with Crippen LogP contribution in [0.25, 0.3) is 11.0 Å². The van der Waals surface area contributed by atoms with Gasteiger partial charge in [-0.1, -0.05) is 23.7 Å². The van der Waals surface area contributed by atoms with E-state index in [2.05, 4.69) is 10.3 Å². The Labute approximate surface area is 164 Å². The predicted molar refractivity (Wildman–Crippen MR) is 105 cm³/mol. The minimum Gasteiger partial charge on any atom is -0.490 e. The van der Waals surface area contributed by atoms with Crippen molar-refractivity contribution < 1.29 is 13.5 Å². The first-order chi connectivity index (χ1) is 13.5. The SMILES string of the molecule is COc1cn(Cc2ccc(F)c(Cl)c2)c(Nc2cccc3occc23)nc1=O. The number of anilines is 2. The van der Waals surface area contributed by atoms with Gasteiger partial charge in [0.05, 0.1) is 36.8 Å². The largest absolute Gasteiger partial charge is 0.490 e. The Hall–Kier alpha value is -3.32. The number of ether oxygens (including phenoxy) is 1.